The molecule has 0 N–H and O–H groups in total. The lowest BCUT2D eigenvalue weighted by Crippen LogP contribution is -2.45. The third-order valence-corrected chi connectivity index (χ3v) is 7.82. The third kappa shape index (κ3) is 4.49. The number of carbonyl (C=O) groups excluding carboxylic acids is 1. The summed E-state index contributed by atoms with van der Waals surface area (Å²) in [7, 11) is 0. The van der Waals surface area contributed by atoms with Gasteiger partial charge in [0.15, 0.2) is 11.5 Å². The average molecular weight is 496 g/mol. The van der Waals surface area contributed by atoms with E-state index in [1.54, 1.807) is 9.42 Å². The molecule has 1 aromatic carbocycles. The highest BCUT2D eigenvalue weighted by molar-refractivity contribution is 7.18. The molecule has 4 heterocycles. The Morgan fingerprint density at radius 1 is 1.14 bits per heavy atom. The Hall–Kier alpha value is -3.07. The van der Waals surface area contributed by atoms with Crippen molar-refractivity contribution in [1.29, 1.82) is 0 Å². The van der Waals surface area contributed by atoms with Crippen molar-refractivity contribution in [3.63, 3.8) is 0 Å². The van der Waals surface area contributed by atoms with Crippen molar-refractivity contribution >= 4 is 33.3 Å². The molecule has 0 unspecified atom stereocenters. The highest BCUT2D eigenvalue weighted by Gasteiger charge is 2.37. The zero-order chi connectivity index (χ0) is 25.1. The number of benzene rings is 1. The Bertz CT molecular complexity index is 1440. The molecule has 9 heteroatoms. The van der Waals surface area contributed by atoms with E-state index in [2.05, 4.69) is 17.0 Å². The molecule has 1 amide bonds. The third-order valence-electron chi connectivity index (χ3n) is 6.51. The number of aryl methyl sites for hydroxylation is 2. The normalized spacial score (nSPS) is 16.3. The van der Waals surface area contributed by atoms with E-state index in [0.29, 0.717) is 29.9 Å². The van der Waals surface area contributed by atoms with Gasteiger partial charge in [0.1, 0.15) is 11.1 Å². The van der Waals surface area contributed by atoms with E-state index in [-0.39, 0.29) is 17.3 Å². The number of hydrogen-bond donors (Lipinski definition) is 0. The number of piperidine rings is 1. The van der Waals surface area contributed by atoms with Crippen LogP contribution in [0.15, 0.2) is 24.4 Å². The van der Waals surface area contributed by atoms with Crippen LogP contribution in [0.25, 0.3) is 27.1 Å². The lowest BCUT2D eigenvalue weighted by atomic mass is 9.81. The Balaban J connectivity index is 1.43. The number of nitrogens with zero attached hydrogens (tertiary/aromatic N) is 5. The standard InChI is InChI=1S/C26H30FN5O2S/c1-15-11-19(30-32-14-16(2)28-22(15)32)17-12-18(27)21-20(13-17)35-23(29-21)26(6)7-9-31(10-8-26)24(33)34-25(3,4)5/h11-14H,7-10H2,1-6H3. The van der Waals surface area contributed by atoms with E-state index in [1.807, 2.05) is 52.9 Å². The number of rotatable bonds is 2. The highest BCUT2D eigenvalue weighted by Crippen LogP contribution is 2.41. The molecule has 3 aromatic heterocycles. The molecular formula is C26H30FN5O2S. The van der Waals surface area contributed by atoms with Crippen molar-refractivity contribution in [3.05, 3.63) is 46.5 Å². The Morgan fingerprint density at radius 2 is 1.86 bits per heavy atom. The Labute approximate surface area is 207 Å². The average Bonchev–Trinajstić information content (AvgIpc) is 3.37. The minimum atomic E-state index is -0.519. The summed E-state index contributed by atoms with van der Waals surface area (Å²) in [5.74, 6) is -0.351. The molecule has 35 heavy (non-hydrogen) atoms. The molecule has 1 saturated heterocycles. The fraction of sp³-hybridized carbons (Fsp3) is 0.462. The maximum Gasteiger partial charge on any atom is 0.410 e. The van der Waals surface area contributed by atoms with Crippen LogP contribution in [0, 0.1) is 19.7 Å². The SMILES string of the molecule is Cc1cn2nc(-c3cc(F)c4nc(C5(C)CCN(C(=O)OC(C)(C)C)CC5)sc4c3)cc(C)c2n1. The number of carbonyl (C=O) groups is 1. The second-order valence-electron chi connectivity index (χ2n) is 10.7. The monoisotopic (exact) mass is 495 g/mol. The van der Waals surface area contributed by atoms with Gasteiger partial charge in [-0.25, -0.2) is 23.7 Å². The Kier molecular flexibility index (Phi) is 5.58. The predicted molar refractivity (Wildman–Crippen MR) is 135 cm³/mol. The van der Waals surface area contributed by atoms with E-state index in [9.17, 15) is 4.79 Å². The van der Waals surface area contributed by atoms with E-state index in [0.717, 1.165) is 39.5 Å². The summed E-state index contributed by atoms with van der Waals surface area (Å²) in [5.41, 5.74) is 3.73. The maximum absolute atomic E-state index is 15.2. The Morgan fingerprint density at radius 3 is 2.54 bits per heavy atom. The summed E-state index contributed by atoms with van der Waals surface area (Å²) < 4.78 is 23.3. The molecule has 5 rings (SSSR count). The van der Waals surface area contributed by atoms with Crippen molar-refractivity contribution in [2.45, 2.75) is 65.4 Å². The zero-order valence-corrected chi connectivity index (χ0v) is 21.8. The molecule has 1 fully saturated rings. The van der Waals surface area contributed by atoms with Gasteiger partial charge in [-0.1, -0.05) is 6.92 Å². The molecule has 1 aliphatic heterocycles. The summed E-state index contributed by atoms with van der Waals surface area (Å²) in [6.45, 7) is 12.8. The number of hydrogen-bond acceptors (Lipinski definition) is 6. The minimum absolute atomic E-state index is 0.225. The largest absolute Gasteiger partial charge is 0.444 e. The molecule has 4 aromatic rings. The molecule has 0 saturated carbocycles. The number of halogens is 1. The van der Waals surface area contributed by atoms with Crippen LogP contribution in [0.3, 0.4) is 0 Å². The number of imidazole rings is 1. The topological polar surface area (TPSA) is 72.6 Å². The van der Waals surface area contributed by atoms with Gasteiger partial charge in [-0.15, -0.1) is 11.3 Å². The number of amides is 1. The van der Waals surface area contributed by atoms with Gasteiger partial charge in [0, 0.05) is 24.1 Å². The molecule has 0 aliphatic carbocycles. The van der Waals surface area contributed by atoms with Gasteiger partial charge in [0.05, 0.1) is 27.3 Å². The maximum atomic E-state index is 15.2. The molecule has 0 radical (unpaired) electrons. The zero-order valence-electron chi connectivity index (χ0n) is 21.0. The molecular weight excluding hydrogens is 465 g/mol. The van der Waals surface area contributed by atoms with E-state index in [4.69, 9.17) is 9.72 Å². The second kappa shape index (κ2) is 8.26. The summed E-state index contributed by atoms with van der Waals surface area (Å²) in [6.07, 6.45) is 3.08. The smallest absolute Gasteiger partial charge is 0.410 e. The number of likely N-dealkylation sites (tertiary alicyclic amines) is 1. The van der Waals surface area contributed by atoms with Gasteiger partial charge >= 0.3 is 6.09 Å². The van der Waals surface area contributed by atoms with Crippen LogP contribution < -0.4 is 0 Å². The second-order valence-corrected chi connectivity index (χ2v) is 11.7. The van der Waals surface area contributed by atoms with Crippen molar-refractivity contribution in [3.8, 4) is 11.3 Å². The van der Waals surface area contributed by atoms with Gasteiger partial charge in [-0.3, -0.25) is 0 Å². The van der Waals surface area contributed by atoms with Crippen LogP contribution in [0.4, 0.5) is 9.18 Å². The minimum Gasteiger partial charge on any atom is -0.444 e. The summed E-state index contributed by atoms with van der Waals surface area (Å²) in [6, 6.07) is 5.42. The number of thiazole rings is 1. The molecule has 184 valence electrons. The van der Waals surface area contributed by atoms with Crippen LogP contribution in [0.1, 0.15) is 56.8 Å². The molecule has 0 bridgehead atoms. The summed E-state index contributed by atoms with van der Waals surface area (Å²) in [5, 5.41) is 5.56. The van der Waals surface area contributed by atoms with Crippen molar-refractivity contribution < 1.29 is 13.9 Å². The lowest BCUT2D eigenvalue weighted by molar-refractivity contribution is 0.0172. The van der Waals surface area contributed by atoms with E-state index in [1.165, 1.54) is 17.4 Å². The first-order valence-electron chi connectivity index (χ1n) is 11.8. The predicted octanol–water partition coefficient (Wildman–Crippen LogP) is 6.05. The van der Waals surface area contributed by atoms with Crippen LogP contribution in [-0.4, -0.2) is 49.3 Å². The van der Waals surface area contributed by atoms with Gasteiger partial charge in [-0.05, 0) is 71.2 Å². The fourth-order valence-corrected chi connectivity index (χ4v) is 5.73. The van der Waals surface area contributed by atoms with E-state index >= 15 is 4.39 Å². The quantitative estimate of drug-likeness (QED) is 0.338. The molecule has 1 aliphatic rings. The van der Waals surface area contributed by atoms with Crippen molar-refractivity contribution in [2.24, 2.45) is 0 Å². The molecule has 7 nitrogen and oxygen atoms in total. The van der Waals surface area contributed by atoms with Crippen LogP contribution in [0.5, 0.6) is 0 Å². The van der Waals surface area contributed by atoms with Gasteiger partial charge in [0.2, 0.25) is 0 Å². The van der Waals surface area contributed by atoms with E-state index < -0.39 is 5.60 Å². The van der Waals surface area contributed by atoms with Gasteiger partial charge in [-0.2, -0.15) is 5.10 Å². The molecule has 0 spiro atoms. The highest BCUT2D eigenvalue weighted by atomic mass is 32.1. The first-order chi connectivity index (χ1) is 16.4. The number of fused-ring (bicyclic) bond motifs is 2. The first-order valence-corrected chi connectivity index (χ1v) is 12.7. The first kappa shape index (κ1) is 23.7. The van der Waals surface area contributed by atoms with Gasteiger partial charge < -0.3 is 9.64 Å². The van der Waals surface area contributed by atoms with Gasteiger partial charge in [0.25, 0.3) is 0 Å². The van der Waals surface area contributed by atoms with Crippen LogP contribution in [-0.2, 0) is 10.2 Å². The summed E-state index contributed by atoms with van der Waals surface area (Å²) >= 11 is 1.52. The number of ether oxygens (including phenoxy) is 1. The lowest BCUT2D eigenvalue weighted by Gasteiger charge is -2.38. The number of aromatic nitrogens is 4. The fourth-order valence-electron chi connectivity index (χ4n) is 4.50. The van der Waals surface area contributed by atoms with Crippen molar-refractivity contribution in [1.82, 2.24) is 24.5 Å². The summed E-state index contributed by atoms with van der Waals surface area (Å²) in [4.78, 5) is 23.4. The van der Waals surface area contributed by atoms with Crippen LogP contribution in [0.2, 0.25) is 0 Å². The molecule has 0 atom stereocenters. The van der Waals surface area contributed by atoms with Crippen molar-refractivity contribution in [2.75, 3.05) is 13.1 Å². The van der Waals surface area contributed by atoms with Crippen LogP contribution >= 0.6 is 11.3 Å².